The smallest absolute Gasteiger partial charge is 0.246 e. The van der Waals surface area contributed by atoms with Gasteiger partial charge >= 0.3 is 0 Å². The van der Waals surface area contributed by atoms with E-state index in [0.29, 0.717) is 16.5 Å². The number of anilines is 2. The third kappa shape index (κ3) is 3.12. The zero-order valence-electron chi connectivity index (χ0n) is 16.0. The average molecular weight is 413 g/mol. The van der Waals surface area contributed by atoms with Crippen molar-refractivity contribution < 1.29 is 9.90 Å². The van der Waals surface area contributed by atoms with Crippen molar-refractivity contribution in [2.45, 2.75) is 37.8 Å². The molecule has 3 aromatic rings. The molecular weight excluding hydrogens is 392 g/mol. The Morgan fingerprint density at radius 2 is 2.00 bits per heavy atom. The minimum absolute atomic E-state index is 0.0164. The highest BCUT2D eigenvalue weighted by Gasteiger charge is 2.35. The van der Waals surface area contributed by atoms with Gasteiger partial charge in [-0.15, -0.1) is 0 Å². The van der Waals surface area contributed by atoms with Gasteiger partial charge in [0.2, 0.25) is 5.91 Å². The number of carbonyl (C=O) groups is 1. The fourth-order valence-corrected chi connectivity index (χ4v) is 4.36. The van der Waals surface area contributed by atoms with E-state index in [0.717, 1.165) is 42.6 Å². The van der Waals surface area contributed by atoms with Crippen LogP contribution in [-0.4, -0.2) is 56.3 Å². The molecule has 1 aliphatic carbocycles. The van der Waals surface area contributed by atoms with Crippen molar-refractivity contribution in [3.63, 3.8) is 0 Å². The number of amides is 1. The van der Waals surface area contributed by atoms with Crippen molar-refractivity contribution in [3.8, 4) is 11.4 Å². The molecule has 1 fully saturated rings. The first-order valence-corrected chi connectivity index (χ1v) is 10.1. The normalized spacial score (nSPS) is 22.2. The summed E-state index contributed by atoms with van der Waals surface area (Å²) in [5, 5.41) is 14.8. The lowest BCUT2D eigenvalue weighted by molar-refractivity contribution is -0.117. The van der Waals surface area contributed by atoms with E-state index in [1.54, 1.807) is 41.1 Å². The summed E-state index contributed by atoms with van der Waals surface area (Å²) in [6, 6.07) is 3.79. The molecule has 150 valence electrons. The lowest BCUT2D eigenvalue weighted by Crippen LogP contribution is -2.50. The summed E-state index contributed by atoms with van der Waals surface area (Å²) < 4.78 is 1.74. The third-order valence-corrected chi connectivity index (χ3v) is 6.13. The molecule has 29 heavy (non-hydrogen) atoms. The summed E-state index contributed by atoms with van der Waals surface area (Å²) in [6.45, 7) is 0.279. The molecule has 5 rings (SSSR count). The standard InChI is InChI=1S/C20H21ClN6O2/c1-25-17-10-22-19(15-9-23-27-7-6-12(21)8-16(15)27)24-20(17)26(11-18(25)29)13-2-4-14(28)5-3-13/h6-10,13-14,28H,2-5,11H2,1H3/t13-,14-. The lowest BCUT2D eigenvalue weighted by Gasteiger charge is -2.41. The number of likely N-dealkylation sites (N-methyl/N-ethyl adjacent to an activating group) is 1. The van der Waals surface area contributed by atoms with Gasteiger partial charge in [-0.1, -0.05) is 11.6 Å². The topological polar surface area (TPSA) is 86.9 Å². The summed E-state index contributed by atoms with van der Waals surface area (Å²) >= 11 is 6.17. The molecule has 0 atom stereocenters. The van der Waals surface area contributed by atoms with Crippen molar-refractivity contribution in [1.82, 2.24) is 19.6 Å². The van der Waals surface area contributed by atoms with Gasteiger partial charge in [-0.25, -0.2) is 14.5 Å². The first kappa shape index (κ1) is 18.3. The summed E-state index contributed by atoms with van der Waals surface area (Å²) in [7, 11) is 1.75. The van der Waals surface area contributed by atoms with Crippen LogP contribution in [0.1, 0.15) is 25.7 Å². The van der Waals surface area contributed by atoms with E-state index in [1.807, 2.05) is 6.07 Å². The van der Waals surface area contributed by atoms with Crippen LogP contribution < -0.4 is 9.80 Å². The Morgan fingerprint density at radius 3 is 2.79 bits per heavy atom. The zero-order chi connectivity index (χ0) is 20.1. The van der Waals surface area contributed by atoms with Gasteiger partial charge in [-0.3, -0.25) is 4.79 Å². The maximum atomic E-state index is 12.6. The third-order valence-electron chi connectivity index (χ3n) is 5.89. The Kier molecular flexibility index (Phi) is 4.40. The van der Waals surface area contributed by atoms with Crippen LogP contribution in [-0.2, 0) is 4.79 Å². The molecule has 1 N–H and O–H groups in total. The first-order valence-electron chi connectivity index (χ1n) is 9.73. The summed E-state index contributed by atoms with van der Waals surface area (Å²) in [5.41, 5.74) is 2.31. The number of pyridine rings is 1. The molecule has 0 radical (unpaired) electrons. The molecule has 3 aromatic heterocycles. The number of halogens is 1. The van der Waals surface area contributed by atoms with Gasteiger partial charge in [0.25, 0.3) is 0 Å². The minimum atomic E-state index is -0.252. The zero-order valence-corrected chi connectivity index (χ0v) is 16.7. The Balaban J connectivity index is 1.59. The van der Waals surface area contributed by atoms with Crippen LogP contribution in [0.15, 0.2) is 30.7 Å². The molecule has 1 aliphatic heterocycles. The summed E-state index contributed by atoms with van der Waals surface area (Å²) in [6.07, 6.45) is 8.13. The highest BCUT2D eigenvalue weighted by molar-refractivity contribution is 6.31. The van der Waals surface area contributed by atoms with Crippen molar-refractivity contribution in [1.29, 1.82) is 0 Å². The van der Waals surface area contributed by atoms with Crippen LogP contribution in [0.5, 0.6) is 0 Å². The van der Waals surface area contributed by atoms with Gasteiger partial charge in [0, 0.05) is 24.3 Å². The SMILES string of the molecule is CN1C(=O)CN([C@H]2CC[C@H](O)CC2)c2nc(-c3cnn4ccc(Cl)cc34)ncc21. The number of fused-ring (bicyclic) bond motifs is 2. The number of hydrogen-bond donors (Lipinski definition) is 1. The minimum Gasteiger partial charge on any atom is -0.393 e. The molecule has 0 bridgehead atoms. The Bertz CT molecular complexity index is 1090. The largest absolute Gasteiger partial charge is 0.393 e. The second kappa shape index (κ2) is 6.96. The van der Waals surface area contributed by atoms with E-state index in [-0.39, 0.29) is 24.6 Å². The average Bonchev–Trinajstić information content (AvgIpc) is 3.14. The molecule has 9 heteroatoms. The maximum absolute atomic E-state index is 12.6. The lowest BCUT2D eigenvalue weighted by atomic mass is 9.91. The Hall–Kier alpha value is -2.71. The molecule has 2 aliphatic rings. The van der Waals surface area contributed by atoms with E-state index in [1.165, 1.54) is 0 Å². The van der Waals surface area contributed by atoms with Crippen molar-refractivity contribution >= 4 is 34.5 Å². The van der Waals surface area contributed by atoms with Crippen LogP contribution in [0.3, 0.4) is 0 Å². The predicted molar refractivity (Wildman–Crippen MR) is 110 cm³/mol. The van der Waals surface area contributed by atoms with Gasteiger partial charge in [0.05, 0.1) is 36.1 Å². The number of aliphatic hydroxyl groups excluding tert-OH is 1. The van der Waals surface area contributed by atoms with Crippen LogP contribution in [0, 0.1) is 0 Å². The van der Waals surface area contributed by atoms with Crippen LogP contribution in [0.4, 0.5) is 11.5 Å². The predicted octanol–water partition coefficient (Wildman–Crippen LogP) is 2.53. The molecule has 8 nitrogen and oxygen atoms in total. The monoisotopic (exact) mass is 412 g/mol. The molecule has 0 aromatic carbocycles. The van der Waals surface area contributed by atoms with E-state index < -0.39 is 0 Å². The maximum Gasteiger partial charge on any atom is 0.246 e. The van der Waals surface area contributed by atoms with Gasteiger partial charge in [-0.05, 0) is 37.8 Å². The molecule has 1 saturated carbocycles. The first-order chi connectivity index (χ1) is 14.0. The van der Waals surface area contributed by atoms with Crippen molar-refractivity contribution in [2.24, 2.45) is 0 Å². The molecule has 0 spiro atoms. The quantitative estimate of drug-likeness (QED) is 0.696. The Morgan fingerprint density at radius 1 is 1.21 bits per heavy atom. The van der Waals surface area contributed by atoms with Crippen molar-refractivity contribution in [2.75, 3.05) is 23.4 Å². The Labute approximate surface area is 172 Å². The number of rotatable bonds is 2. The highest BCUT2D eigenvalue weighted by Crippen LogP contribution is 2.37. The molecule has 1 amide bonds. The van der Waals surface area contributed by atoms with Crippen molar-refractivity contribution in [3.05, 3.63) is 35.7 Å². The molecule has 4 heterocycles. The second-order valence-corrected chi connectivity index (χ2v) is 8.11. The molecular formula is C20H21ClN6O2. The summed E-state index contributed by atoms with van der Waals surface area (Å²) in [5.74, 6) is 1.31. The molecule has 0 unspecified atom stereocenters. The van der Waals surface area contributed by atoms with Crippen LogP contribution in [0.25, 0.3) is 16.9 Å². The van der Waals surface area contributed by atoms with Crippen LogP contribution >= 0.6 is 11.6 Å². The van der Waals surface area contributed by atoms with E-state index in [2.05, 4.69) is 15.0 Å². The van der Waals surface area contributed by atoms with E-state index in [4.69, 9.17) is 16.6 Å². The number of aromatic nitrogens is 4. The number of nitrogens with zero attached hydrogens (tertiary/aromatic N) is 6. The number of carbonyl (C=O) groups excluding carboxylic acids is 1. The van der Waals surface area contributed by atoms with E-state index >= 15 is 0 Å². The number of aliphatic hydroxyl groups is 1. The van der Waals surface area contributed by atoms with Gasteiger partial charge in [0.1, 0.15) is 5.69 Å². The van der Waals surface area contributed by atoms with Gasteiger partial charge in [-0.2, -0.15) is 5.10 Å². The number of hydrogen-bond acceptors (Lipinski definition) is 6. The second-order valence-electron chi connectivity index (χ2n) is 7.68. The fourth-order valence-electron chi connectivity index (χ4n) is 4.20. The van der Waals surface area contributed by atoms with Gasteiger partial charge in [0.15, 0.2) is 11.6 Å². The fraction of sp³-hybridized carbons (Fsp3) is 0.400. The molecule has 0 saturated heterocycles. The van der Waals surface area contributed by atoms with Gasteiger partial charge < -0.3 is 14.9 Å². The highest BCUT2D eigenvalue weighted by atomic mass is 35.5. The van der Waals surface area contributed by atoms with E-state index in [9.17, 15) is 9.90 Å². The summed E-state index contributed by atoms with van der Waals surface area (Å²) in [4.78, 5) is 25.6. The van der Waals surface area contributed by atoms with Crippen LogP contribution in [0.2, 0.25) is 5.02 Å².